The third-order valence-electron chi connectivity index (χ3n) is 3.47. The lowest BCUT2D eigenvalue weighted by atomic mass is 10.2. The zero-order valence-electron chi connectivity index (χ0n) is 10.2. The summed E-state index contributed by atoms with van der Waals surface area (Å²) in [4.78, 5) is 16.2. The maximum absolute atomic E-state index is 11.6. The van der Waals surface area contributed by atoms with Crippen LogP contribution in [-0.4, -0.2) is 80.8 Å². The lowest BCUT2D eigenvalue weighted by molar-refractivity contribution is -0.128. The average Bonchev–Trinajstić information content (AvgIpc) is 2.37. The summed E-state index contributed by atoms with van der Waals surface area (Å²) in [6, 6.07) is -0.148. The van der Waals surface area contributed by atoms with E-state index in [1.54, 1.807) is 0 Å². The molecule has 17 heavy (non-hydrogen) atoms. The van der Waals surface area contributed by atoms with Crippen LogP contribution in [-0.2, 0) is 9.53 Å². The maximum atomic E-state index is 11.6. The number of amides is 1. The van der Waals surface area contributed by atoms with E-state index in [2.05, 4.69) is 15.1 Å². The van der Waals surface area contributed by atoms with Gasteiger partial charge in [-0.3, -0.25) is 14.6 Å². The number of nitrogens with zero attached hydrogens (tertiary/aromatic N) is 2. The number of carbonyl (C=O) groups excluding carboxylic acids is 1. The molecule has 2 saturated heterocycles. The third kappa shape index (κ3) is 3.38. The molecular formula is C11H22N4O2. The summed E-state index contributed by atoms with van der Waals surface area (Å²) >= 11 is 0. The monoisotopic (exact) mass is 242 g/mol. The van der Waals surface area contributed by atoms with E-state index >= 15 is 0 Å². The Balaban J connectivity index is 1.78. The van der Waals surface area contributed by atoms with Crippen LogP contribution in [0.2, 0.25) is 0 Å². The number of hydrogen-bond donors (Lipinski definition) is 2. The van der Waals surface area contributed by atoms with Crippen molar-refractivity contribution in [3.05, 3.63) is 0 Å². The molecule has 2 rings (SSSR count). The van der Waals surface area contributed by atoms with Gasteiger partial charge in [-0.1, -0.05) is 0 Å². The van der Waals surface area contributed by atoms with Gasteiger partial charge in [0.1, 0.15) is 6.04 Å². The number of nitrogens with one attached hydrogen (secondary N) is 1. The van der Waals surface area contributed by atoms with E-state index < -0.39 is 0 Å². The Kier molecular flexibility index (Phi) is 4.73. The normalized spacial score (nSPS) is 28.1. The predicted octanol–water partition coefficient (Wildman–Crippen LogP) is -1.92. The molecule has 0 radical (unpaired) electrons. The van der Waals surface area contributed by atoms with E-state index in [1.165, 1.54) is 0 Å². The summed E-state index contributed by atoms with van der Waals surface area (Å²) in [5.74, 6) is 0.0701. The van der Waals surface area contributed by atoms with E-state index in [9.17, 15) is 4.79 Å². The molecule has 0 saturated carbocycles. The highest BCUT2D eigenvalue weighted by Crippen LogP contribution is 2.04. The molecule has 0 aromatic rings. The number of hydrogen-bond acceptors (Lipinski definition) is 5. The van der Waals surface area contributed by atoms with Crippen molar-refractivity contribution < 1.29 is 9.53 Å². The fraction of sp³-hybridized carbons (Fsp3) is 0.909. The fourth-order valence-electron chi connectivity index (χ4n) is 2.38. The van der Waals surface area contributed by atoms with Crippen LogP contribution in [0.4, 0.5) is 0 Å². The lowest BCUT2D eigenvalue weighted by Crippen LogP contribution is -2.59. The van der Waals surface area contributed by atoms with E-state index in [4.69, 9.17) is 10.5 Å². The van der Waals surface area contributed by atoms with Gasteiger partial charge < -0.3 is 15.8 Å². The molecule has 0 spiro atoms. The summed E-state index contributed by atoms with van der Waals surface area (Å²) < 4.78 is 5.31. The van der Waals surface area contributed by atoms with Crippen molar-refractivity contribution in [2.45, 2.75) is 6.04 Å². The molecular weight excluding hydrogens is 220 g/mol. The lowest BCUT2D eigenvalue weighted by Gasteiger charge is -2.36. The molecule has 1 atom stereocenters. The van der Waals surface area contributed by atoms with Crippen molar-refractivity contribution in [3.8, 4) is 0 Å². The van der Waals surface area contributed by atoms with Crippen molar-refractivity contribution >= 4 is 5.91 Å². The average molecular weight is 242 g/mol. The molecule has 2 aliphatic heterocycles. The van der Waals surface area contributed by atoms with Crippen molar-refractivity contribution in [2.75, 3.05) is 59.0 Å². The van der Waals surface area contributed by atoms with E-state index in [0.29, 0.717) is 6.54 Å². The molecule has 98 valence electrons. The van der Waals surface area contributed by atoms with Crippen LogP contribution in [0.5, 0.6) is 0 Å². The smallest absolute Gasteiger partial charge is 0.238 e. The van der Waals surface area contributed by atoms with Gasteiger partial charge in [-0.05, 0) is 0 Å². The molecule has 0 bridgehead atoms. The maximum Gasteiger partial charge on any atom is 0.238 e. The van der Waals surface area contributed by atoms with Crippen LogP contribution in [0.1, 0.15) is 0 Å². The largest absolute Gasteiger partial charge is 0.379 e. The first-order valence-corrected chi connectivity index (χ1v) is 6.33. The minimum Gasteiger partial charge on any atom is -0.379 e. The molecule has 0 aliphatic carbocycles. The van der Waals surface area contributed by atoms with Gasteiger partial charge in [0.25, 0.3) is 0 Å². The topological polar surface area (TPSA) is 70.8 Å². The van der Waals surface area contributed by atoms with Crippen molar-refractivity contribution in [1.29, 1.82) is 0 Å². The summed E-state index contributed by atoms with van der Waals surface area (Å²) in [7, 11) is 0. The number of carbonyl (C=O) groups is 1. The van der Waals surface area contributed by atoms with Crippen molar-refractivity contribution in [1.82, 2.24) is 15.1 Å². The summed E-state index contributed by atoms with van der Waals surface area (Å²) in [6.45, 7) is 7.57. The van der Waals surface area contributed by atoms with Gasteiger partial charge >= 0.3 is 0 Å². The van der Waals surface area contributed by atoms with Crippen molar-refractivity contribution in [2.24, 2.45) is 5.73 Å². The molecule has 1 unspecified atom stereocenters. The van der Waals surface area contributed by atoms with Gasteiger partial charge in [0, 0.05) is 45.8 Å². The summed E-state index contributed by atoms with van der Waals surface area (Å²) in [6.07, 6.45) is 0. The summed E-state index contributed by atoms with van der Waals surface area (Å²) in [5.41, 5.74) is 5.66. The van der Waals surface area contributed by atoms with Gasteiger partial charge in [0.05, 0.1) is 13.2 Å². The Hall–Kier alpha value is -0.690. The Morgan fingerprint density at radius 3 is 2.76 bits per heavy atom. The SMILES string of the molecule is NCC1C(=O)NCCN1CCN1CCOCC1. The fourth-order valence-corrected chi connectivity index (χ4v) is 2.38. The van der Waals surface area contributed by atoms with Crippen LogP contribution in [0, 0.1) is 0 Å². The molecule has 2 aliphatic rings. The number of rotatable bonds is 4. The van der Waals surface area contributed by atoms with Crippen LogP contribution >= 0.6 is 0 Å². The highest BCUT2D eigenvalue weighted by molar-refractivity contribution is 5.82. The molecule has 0 aromatic carbocycles. The van der Waals surface area contributed by atoms with Gasteiger partial charge in [0.2, 0.25) is 5.91 Å². The zero-order chi connectivity index (χ0) is 12.1. The van der Waals surface area contributed by atoms with Gasteiger partial charge in [0.15, 0.2) is 0 Å². The molecule has 2 heterocycles. The molecule has 2 fully saturated rings. The van der Waals surface area contributed by atoms with E-state index in [0.717, 1.165) is 52.5 Å². The number of nitrogens with two attached hydrogens (primary N) is 1. The molecule has 1 amide bonds. The molecule has 6 nitrogen and oxygen atoms in total. The quantitative estimate of drug-likeness (QED) is 0.601. The second-order valence-electron chi connectivity index (χ2n) is 4.53. The Morgan fingerprint density at radius 2 is 2.06 bits per heavy atom. The number of morpholine rings is 1. The third-order valence-corrected chi connectivity index (χ3v) is 3.47. The standard InChI is InChI=1S/C11H22N4O2/c12-9-10-11(16)13-1-2-15(10)4-3-14-5-7-17-8-6-14/h10H,1-9,12H2,(H,13,16). The molecule has 3 N–H and O–H groups in total. The minimum atomic E-state index is -0.148. The van der Waals surface area contributed by atoms with Crippen LogP contribution in [0.15, 0.2) is 0 Å². The number of ether oxygens (including phenoxy) is 1. The van der Waals surface area contributed by atoms with E-state index in [1.807, 2.05) is 0 Å². The molecule has 6 heteroatoms. The van der Waals surface area contributed by atoms with Crippen LogP contribution < -0.4 is 11.1 Å². The van der Waals surface area contributed by atoms with Gasteiger partial charge in [-0.25, -0.2) is 0 Å². The summed E-state index contributed by atoms with van der Waals surface area (Å²) in [5, 5.41) is 2.86. The first-order chi connectivity index (χ1) is 8.31. The Morgan fingerprint density at radius 1 is 1.29 bits per heavy atom. The second-order valence-corrected chi connectivity index (χ2v) is 4.53. The van der Waals surface area contributed by atoms with Gasteiger partial charge in [-0.2, -0.15) is 0 Å². The van der Waals surface area contributed by atoms with E-state index in [-0.39, 0.29) is 11.9 Å². The first kappa shape index (κ1) is 12.8. The Labute approximate surface area is 102 Å². The molecule has 0 aromatic heterocycles. The highest BCUT2D eigenvalue weighted by Gasteiger charge is 2.28. The zero-order valence-corrected chi connectivity index (χ0v) is 10.2. The van der Waals surface area contributed by atoms with Crippen molar-refractivity contribution in [3.63, 3.8) is 0 Å². The van der Waals surface area contributed by atoms with Gasteiger partial charge in [-0.15, -0.1) is 0 Å². The first-order valence-electron chi connectivity index (χ1n) is 6.33. The highest BCUT2D eigenvalue weighted by atomic mass is 16.5. The minimum absolute atomic E-state index is 0.0701. The second kappa shape index (κ2) is 6.30. The Bertz CT molecular complexity index is 256. The van der Waals surface area contributed by atoms with Crippen LogP contribution in [0.3, 0.4) is 0 Å². The van der Waals surface area contributed by atoms with Crippen LogP contribution in [0.25, 0.3) is 0 Å². The predicted molar refractivity (Wildman–Crippen MR) is 64.7 cm³/mol. The number of piperazine rings is 1.